The van der Waals surface area contributed by atoms with Crippen molar-refractivity contribution in [3.8, 4) is 0 Å². The zero-order chi connectivity index (χ0) is 14.6. The van der Waals surface area contributed by atoms with E-state index in [2.05, 4.69) is 58.9 Å². The van der Waals surface area contributed by atoms with Crippen LogP contribution in [0.2, 0.25) is 0 Å². The van der Waals surface area contributed by atoms with Gasteiger partial charge in [-0.05, 0) is 29.4 Å². The molecule has 0 fully saturated rings. The highest BCUT2D eigenvalue weighted by atomic mass is 16.5. The van der Waals surface area contributed by atoms with Gasteiger partial charge in [-0.1, -0.05) is 58.9 Å². The van der Waals surface area contributed by atoms with Gasteiger partial charge >= 0.3 is 0 Å². The van der Waals surface area contributed by atoms with Gasteiger partial charge in [0.25, 0.3) is 0 Å². The summed E-state index contributed by atoms with van der Waals surface area (Å²) >= 11 is 0. The molecule has 2 unspecified atom stereocenters. The van der Waals surface area contributed by atoms with Crippen molar-refractivity contribution in [1.82, 2.24) is 0 Å². The van der Waals surface area contributed by atoms with E-state index in [-0.39, 0.29) is 17.6 Å². The summed E-state index contributed by atoms with van der Waals surface area (Å²) in [5.41, 5.74) is 9.03. The highest BCUT2D eigenvalue weighted by Gasteiger charge is 2.23. The minimum atomic E-state index is -0.0611. The molecule has 2 heteroatoms. The van der Waals surface area contributed by atoms with Crippen molar-refractivity contribution in [2.24, 2.45) is 11.7 Å². The Hall–Kier alpha value is -0.860. The third-order valence-electron chi connectivity index (χ3n) is 3.53. The smallest absolute Gasteiger partial charge is 0.0790 e. The maximum absolute atomic E-state index is 6.36. The molecule has 0 saturated heterocycles. The van der Waals surface area contributed by atoms with E-state index in [0.29, 0.717) is 12.5 Å². The van der Waals surface area contributed by atoms with E-state index in [4.69, 9.17) is 10.5 Å². The Morgan fingerprint density at radius 3 is 2.00 bits per heavy atom. The molecule has 0 aliphatic rings. The molecular weight excluding hydrogens is 234 g/mol. The summed E-state index contributed by atoms with van der Waals surface area (Å²) in [7, 11) is 0. The molecule has 0 aliphatic heterocycles. The number of benzene rings is 1. The number of rotatable bonds is 5. The van der Waals surface area contributed by atoms with E-state index in [1.165, 1.54) is 5.56 Å². The van der Waals surface area contributed by atoms with E-state index >= 15 is 0 Å². The summed E-state index contributed by atoms with van der Waals surface area (Å²) in [6.07, 6.45) is 0.0745. The summed E-state index contributed by atoms with van der Waals surface area (Å²) in [5.74, 6) is 0.414. The van der Waals surface area contributed by atoms with Crippen molar-refractivity contribution in [3.05, 3.63) is 35.4 Å². The van der Waals surface area contributed by atoms with E-state index in [1.807, 2.05) is 6.92 Å². The zero-order valence-corrected chi connectivity index (χ0v) is 13.2. The van der Waals surface area contributed by atoms with Crippen LogP contribution in [0, 0.1) is 5.92 Å². The van der Waals surface area contributed by atoms with Gasteiger partial charge in [0, 0.05) is 6.61 Å². The molecule has 0 saturated carbocycles. The molecule has 1 rings (SSSR count). The van der Waals surface area contributed by atoms with Gasteiger partial charge in [-0.2, -0.15) is 0 Å². The van der Waals surface area contributed by atoms with Crippen LogP contribution in [-0.2, 0) is 10.2 Å². The van der Waals surface area contributed by atoms with Gasteiger partial charge in [0.1, 0.15) is 0 Å². The van der Waals surface area contributed by atoms with Gasteiger partial charge in [-0.25, -0.2) is 0 Å². The highest BCUT2D eigenvalue weighted by molar-refractivity contribution is 5.29. The lowest BCUT2D eigenvalue weighted by atomic mass is 9.85. The summed E-state index contributed by atoms with van der Waals surface area (Å²) in [5, 5.41) is 0. The topological polar surface area (TPSA) is 35.2 Å². The molecule has 19 heavy (non-hydrogen) atoms. The van der Waals surface area contributed by atoms with Gasteiger partial charge < -0.3 is 10.5 Å². The molecule has 0 spiro atoms. The second-order valence-corrected chi connectivity index (χ2v) is 6.56. The summed E-state index contributed by atoms with van der Waals surface area (Å²) in [6.45, 7) is 13.7. The van der Waals surface area contributed by atoms with E-state index in [1.54, 1.807) is 0 Å². The maximum Gasteiger partial charge on any atom is 0.0790 e. The predicted octanol–water partition coefficient (Wildman–Crippen LogP) is 4.05. The van der Waals surface area contributed by atoms with Crippen molar-refractivity contribution < 1.29 is 4.74 Å². The average Bonchev–Trinajstić information content (AvgIpc) is 2.34. The van der Waals surface area contributed by atoms with Crippen LogP contribution in [0.1, 0.15) is 58.7 Å². The van der Waals surface area contributed by atoms with E-state index in [9.17, 15) is 0 Å². The van der Waals surface area contributed by atoms with E-state index < -0.39 is 0 Å². The number of hydrogen-bond donors (Lipinski definition) is 1. The Morgan fingerprint density at radius 2 is 1.63 bits per heavy atom. The first kappa shape index (κ1) is 16.2. The Bertz CT molecular complexity index is 375. The summed E-state index contributed by atoms with van der Waals surface area (Å²) in [6, 6.07) is 8.57. The largest absolute Gasteiger partial charge is 0.376 e. The van der Waals surface area contributed by atoms with Crippen molar-refractivity contribution in [1.29, 1.82) is 0 Å². The number of hydrogen-bond acceptors (Lipinski definition) is 2. The molecule has 0 heterocycles. The Kier molecular flexibility index (Phi) is 5.57. The molecule has 2 atom stereocenters. The molecule has 1 aromatic rings. The molecule has 2 nitrogen and oxygen atoms in total. The SMILES string of the molecule is CCOC(C(C)C)C(N)c1ccc(C(C)(C)C)cc1. The second kappa shape index (κ2) is 6.53. The van der Waals surface area contributed by atoms with E-state index in [0.717, 1.165) is 5.56 Å². The standard InChI is InChI=1S/C17H29NO/c1-7-19-16(12(2)3)15(18)13-8-10-14(11-9-13)17(4,5)6/h8-12,15-16H,7,18H2,1-6H3. The van der Waals surface area contributed by atoms with Crippen molar-refractivity contribution in [2.75, 3.05) is 6.61 Å². The fraction of sp³-hybridized carbons (Fsp3) is 0.647. The van der Waals surface area contributed by atoms with Gasteiger partial charge in [0.2, 0.25) is 0 Å². The molecule has 0 amide bonds. The molecule has 0 bridgehead atoms. The van der Waals surface area contributed by atoms with Crippen LogP contribution in [0.25, 0.3) is 0 Å². The molecule has 0 aliphatic carbocycles. The van der Waals surface area contributed by atoms with Crippen LogP contribution in [-0.4, -0.2) is 12.7 Å². The van der Waals surface area contributed by atoms with Crippen LogP contribution in [0.5, 0.6) is 0 Å². The minimum absolute atomic E-state index is 0.0611. The molecular formula is C17H29NO. The van der Waals surface area contributed by atoms with Gasteiger partial charge in [0.15, 0.2) is 0 Å². The third-order valence-corrected chi connectivity index (χ3v) is 3.53. The van der Waals surface area contributed by atoms with Crippen LogP contribution in [0.15, 0.2) is 24.3 Å². The first-order valence-corrected chi connectivity index (χ1v) is 7.25. The lowest BCUT2D eigenvalue weighted by Crippen LogP contribution is -2.33. The molecule has 108 valence electrons. The van der Waals surface area contributed by atoms with Gasteiger partial charge in [0.05, 0.1) is 12.1 Å². The average molecular weight is 263 g/mol. The normalized spacial score (nSPS) is 15.6. The van der Waals surface area contributed by atoms with Crippen LogP contribution in [0.3, 0.4) is 0 Å². The molecule has 0 radical (unpaired) electrons. The van der Waals surface area contributed by atoms with Crippen LogP contribution >= 0.6 is 0 Å². The Labute approximate surface area is 118 Å². The molecule has 1 aromatic carbocycles. The fourth-order valence-corrected chi connectivity index (χ4v) is 2.30. The maximum atomic E-state index is 6.36. The van der Waals surface area contributed by atoms with Crippen molar-refractivity contribution >= 4 is 0 Å². The third kappa shape index (κ3) is 4.32. The lowest BCUT2D eigenvalue weighted by molar-refractivity contribution is 0.0121. The fourth-order valence-electron chi connectivity index (χ4n) is 2.30. The molecule has 0 aromatic heterocycles. The first-order chi connectivity index (χ1) is 8.77. The molecule has 2 N–H and O–H groups in total. The Balaban J connectivity index is 2.90. The quantitative estimate of drug-likeness (QED) is 0.870. The lowest BCUT2D eigenvalue weighted by Gasteiger charge is -2.28. The number of nitrogens with two attached hydrogens (primary N) is 1. The zero-order valence-electron chi connectivity index (χ0n) is 13.2. The van der Waals surface area contributed by atoms with Gasteiger partial charge in [-0.3, -0.25) is 0 Å². The van der Waals surface area contributed by atoms with Crippen LogP contribution < -0.4 is 5.73 Å². The van der Waals surface area contributed by atoms with Gasteiger partial charge in [-0.15, -0.1) is 0 Å². The highest BCUT2D eigenvalue weighted by Crippen LogP contribution is 2.26. The van der Waals surface area contributed by atoms with Crippen molar-refractivity contribution in [3.63, 3.8) is 0 Å². The second-order valence-electron chi connectivity index (χ2n) is 6.56. The monoisotopic (exact) mass is 263 g/mol. The van der Waals surface area contributed by atoms with Crippen molar-refractivity contribution in [2.45, 2.75) is 59.1 Å². The predicted molar refractivity (Wildman–Crippen MR) is 82.3 cm³/mol. The first-order valence-electron chi connectivity index (χ1n) is 7.25. The van der Waals surface area contributed by atoms with Crippen LogP contribution in [0.4, 0.5) is 0 Å². The number of ether oxygens (including phenoxy) is 1. The summed E-state index contributed by atoms with van der Waals surface area (Å²) in [4.78, 5) is 0. The summed E-state index contributed by atoms with van der Waals surface area (Å²) < 4.78 is 5.79. The minimum Gasteiger partial charge on any atom is -0.376 e. The Morgan fingerprint density at radius 1 is 1.11 bits per heavy atom.